The van der Waals surface area contributed by atoms with E-state index in [1.165, 1.54) is 24.8 Å². The Morgan fingerprint density at radius 2 is 1.78 bits per heavy atom. The van der Waals surface area contributed by atoms with Gasteiger partial charge in [0.2, 0.25) is 17.7 Å². The van der Waals surface area contributed by atoms with Gasteiger partial charge in [-0.2, -0.15) is 4.98 Å². The quantitative estimate of drug-likeness (QED) is 0.491. The van der Waals surface area contributed by atoms with E-state index in [4.69, 9.17) is 14.5 Å². The van der Waals surface area contributed by atoms with Gasteiger partial charge in [-0.15, -0.1) is 0 Å². The molecule has 0 spiro atoms. The summed E-state index contributed by atoms with van der Waals surface area (Å²) in [6.45, 7) is 2.02. The number of ether oxygens (including phenoxy) is 2. The SMILES string of the molecule is COc1cc2nc(N3CCC(Cc4ccccc4)(C(=O)NCC4CCC4)CC3)nc(O)c2cc1OC. The highest BCUT2D eigenvalue weighted by molar-refractivity contribution is 5.88. The summed E-state index contributed by atoms with van der Waals surface area (Å²) in [6.07, 6.45) is 5.76. The Labute approximate surface area is 211 Å². The van der Waals surface area contributed by atoms with Crippen LogP contribution in [0.1, 0.15) is 37.7 Å². The van der Waals surface area contributed by atoms with Crippen LogP contribution in [0.4, 0.5) is 5.95 Å². The standard InChI is InChI=1S/C28H34N4O4/c1-35-23-15-21-22(16-24(23)36-2)30-27(31-25(21)33)32-13-11-28(12-14-32,17-19-7-4-3-5-8-19)26(34)29-18-20-9-6-10-20/h3-5,7-8,15-16,20H,6,9-14,17-18H2,1-2H3,(H,29,34)(H,30,31,33). The molecular weight excluding hydrogens is 456 g/mol. The van der Waals surface area contributed by atoms with Gasteiger partial charge in [-0.3, -0.25) is 4.79 Å². The van der Waals surface area contributed by atoms with Gasteiger partial charge < -0.3 is 24.8 Å². The molecule has 2 aliphatic rings. The van der Waals surface area contributed by atoms with E-state index in [0.717, 1.165) is 6.54 Å². The molecule has 0 radical (unpaired) electrons. The molecule has 2 heterocycles. The van der Waals surface area contributed by atoms with Crippen molar-refractivity contribution in [2.45, 2.75) is 38.5 Å². The van der Waals surface area contributed by atoms with Gasteiger partial charge in [0.1, 0.15) is 0 Å². The van der Waals surface area contributed by atoms with Gasteiger partial charge in [-0.25, -0.2) is 4.98 Å². The second kappa shape index (κ2) is 10.2. The molecule has 1 saturated carbocycles. The van der Waals surface area contributed by atoms with Crippen LogP contribution in [0.5, 0.6) is 17.4 Å². The summed E-state index contributed by atoms with van der Waals surface area (Å²) in [5.74, 6) is 2.17. The zero-order valence-corrected chi connectivity index (χ0v) is 21.0. The summed E-state index contributed by atoms with van der Waals surface area (Å²) >= 11 is 0. The van der Waals surface area contributed by atoms with Gasteiger partial charge >= 0.3 is 0 Å². The molecule has 1 saturated heterocycles. The van der Waals surface area contributed by atoms with Crippen molar-refractivity contribution >= 4 is 22.8 Å². The molecule has 36 heavy (non-hydrogen) atoms. The Morgan fingerprint density at radius 3 is 2.42 bits per heavy atom. The molecule has 3 aromatic rings. The average Bonchev–Trinajstić information content (AvgIpc) is 2.88. The zero-order valence-electron chi connectivity index (χ0n) is 21.0. The maximum absolute atomic E-state index is 13.5. The maximum Gasteiger partial charge on any atom is 0.229 e. The highest BCUT2D eigenvalue weighted by Crippen LogP contribution is 2.39. The highest BCUT2D eigenvalue weighted by Gasteiger charge is 2.42. The number of aromatic nitrogens is 2. The lowest BCUT2D eigenvalue weighted by molar-refractivity contribution is -0.132. The first-order chi connectivity index (χ1) is 17.5. The Bertz CT molecular complexity index is 1220. The number of anilines is 1. The first kappa shape index (κ1) is 24.2. The second-order valence-electron chi connectivity index (χ2n) is 10.0. The van der Waals surface area contributed by atoms with Gasteiger partial charge in [0.05, 0.1) is 30.5 Å². The van der Waals surface area contributed by atoms with Crippen LogP contribution in [0.2, 0.25) is 0 Å². The predicted octanol–water partition coefficient (Wildman–Crippen LogP) is 4.10. The summed E-state index contributed by atoms with van der Waals surface area (Å²) in [4.78, 5) is 24.7. The van der Waals surface area contributed by atoms with Crippen molar-refractivity contribution in [1.82, 2.24) is 15.3 Å². The third-order valence-corrected chi connectivity index (χ3v) is 7.82. The molecule has 2 fully saturated rings. The number of amides is 1. The van der Waals surface area contributed by atoms with Gasteiger partial charge in [0.25, 0.3) is 0 Å². The topological polar surface area (TPSA) is 96.8 Å². The molecule has 1 amide bonds. The number of rotatable bonds is 8. The minimum atomic E-state index is -0.475. The Balaban J connectivity index is 1.37. The number of nitrogens with zero attached hydrogens (tertiary/aromatic N) is 3. The van der Waals surface area contributed by atoms with Crippen LogP contribution in [0.15, 0.2) is 42.5 Å². The van der Waals surface area contributed by atoms with E-state index in [1.54, 1.807) is 26.4 Å². The van der Waals surface area contributed by atoms with Crippen LogP contribution >= 0.6 is 0 Å². The van der Waals surface area contributed by atoms with E-state index in [1.807, 2.05) is 18.2 Å². The third-order valence-electron chi connectivity index (χ3n) is 7.82. The summed E-state index contributed by atoms with van der Waals surface area (Å²) in [5.41, 5.74) is 1.27. The fraction of sp³-hybridized carbons (Fsp3) is 0.464. The van der Waals surface area contributed by atoms with Crippen LogP contribution in [-0.2, 0) is 11.2 Å². The van der Waals surface area contributed by atoms with Crippen molar-refractivity contribution in [1.29, 1.82) is 0 Å². The van der Waals surface area contributed by atoms with E-state index in [0.29, 0.717) is 66.6 Å². The first-order valence-corrected chi connectivity index (χ1v) is 12.7. The normalized spacial score (nSPS) is 17.4. The fourth-order valence-electron chi connectivity index (χ4n) is 5.30. The largest absolute Gasteiger partial charge is 0.493 e. The lowest BCUT2D eigenvalue weighted by Crippen LogP contribution is -2.51. The van der Waals surface area contributed by atoms with E-state index < -0.39 is 5.41 Å². The van der Waals surface area contributed by atoms with Crippen molar-refractivity contribution in [3.05, 3.63) is 48.0 Å². The van der Waals surface area contributed by atoms with Crippen molar-refractivity contribution in [2.75, 3.05) is 38.8 Å². The minimum Gasteiger partial charge on any atom is -0.493 e. The van der Waals surface area contributed by atoms with Crippen molar-refractivity contribution in [3.8, 4) is 17.4 Å². The number of hydrogen-bond acceptors (Lipinski definition) is 7. The number of carbonyl (C=O) groups is 1. The van der Waals surface area contributed by atoms with Crippen molar-refractivity contribution < 1.29 is 19.4 Å². The molecule has 1 aliphatic carbocycles. The molecule has 190 valence electrons. The van der Waals surface area contributed by atoms with Crippen LogP contribution in [-0.4, -0.2) is 54.8 Å². The number of carbonyl (C=O) groups excluding carboxylic acids is 1. The molecule has 5 rings (SSSR count). The highest BCUT2D eigenvalue weighted by atomic mass is 16.5. The Kier molecular flexibility index (Phi) is 6.85. The molecule has 0 unspecified atom stereocenters. The second-order valence-corrected chi connectivity index (χ2v) is 10.0. The first-order valence-electron chi connectivity index (χ1n) is 12.7. The van der Waals surface area contributed by atoms with Gasteiger partial charge in [-0.05, 0) is 49.7 Å². The van der Waals surface area contributed by atoms with Crippen LogP contribution in [0.3, 0.4) is 0 Å². The monoisotopic (exact) mass is 490 g/mol. The lowest BCUT2D eigenvalue weighted by atomic mass is 9.72. The smallest absolute Gasteiger partial charge is 0.229 e. The Hall–Kier alpha value is -3.55. The number of hydrogen-bond donors (Lipinski definition) is 2. The number of aromatic hydroxyl groups is 1. The van der Waals surface area contributed by atoms with Crippen molar-refractivity contribution in [3.63, 3.8) is 0 Å². The van der Waals surface area contributed by atoms with E-state index in [-0.39, 0.29) is 11.8 Å². The number of methoxy groups -OCH3 is 2. The summed E-state index contributed by atoms with van der Waals surface area (Å²) in [5, 5.41) is 14.4. The molecule has 2 aromatic carbocycles. The minimum absolute atomic E-state index is 0.102. The fourth-order valence-corrected chi connectivity index (χ4v) is 5.30. The summed E-state index contributed by atoms with van der Waals surface area (Å²) in [6, 6.07) is 13.7. The van der Waals surface area contributed by atoms with Crippen LogP contribution in [0, 0.1) is 11.3 Å². The average molecular weight is 491 g/mol. The van der Waals surface area contributed by atoms with Gasteiger partial charge in [-0.1, -0.05) is 36.8 Å². The number of fused-ring (bicyclic) bond motifs is 1. The van der Waals surface area contributed by atoms with Crippen LogP contribution in [0.25, 0.3) is 10.9 Å². The molecule has 1 aromatic heterocycles. The third kappa shape index (κ3) is 4.76. The summed E-state index contributed by atoms with van der Waals surface area (Å²) in [7, 11) is 3.12. The lowest BCUT2D eigenvalue weighted by Gasteiger charge is -2.41. The zero-order chi connectivity index (χ0) is 25.1. The van der Waals surface area contributed by atoms with Gasteiger partial charge in [0, 0.05) is 25.7 Å². The molecular formula is C28H34N4O4. The maximum atomic E-state index is 13.5. The van der Waals surface area contributed by atoms with E-state index in [2.05, 4.69) is 27.3 Å². The van der Waals surface area contributed by atoms with Gasteiger partial charge in [0.15, 0.2) is 11.5 Å². The molecule has 2 N–H and O–H groups in total. The molecule has 0 atom stereocenters. The molecule has 0 bridgehead atoms. The van der Waals surface area contributed by atoms with Crippen LogP contribution < -0.4 is 19.7 Å². The molecule has 8 nitrogen and oxygen atoms in total. The number of nitrogens with one attached hydrogen (secondary N) is 1. The molecule has 8 heteroatoms. The Morgan fingerprint density at radius 1 is 1.08 bits per heavy atom. The van der Waals surface area contributed by atoms with E-state index in [9.17, 15) is 9.90 Å². The predicted molar refractivity (Wildman–Crippen MR) is 139 cm³/mol. The van der Waals surface area contributed by atoms with E-state index >= 15 is 0 Å². The molecule has 1 aliphatic heterocycles. The van der Waals surface area contributed by atoms with Crippen molar-refractivity contribution in [2.24, 2.45) is 11.3 Å². The number of piperidine rings is 1. The summed E-state index contributed by atoms with van der Waals surface area (Å²) < 4.78 is 10.8. The number of benzene rings is 2.